The van der Waals surface area contributed by atoms with Gasteiger partial charge >= 0.3 is 0 Å². The topological polar surface area (TPSA) is 78.9 Å². The Morgan fingerprint density at radius 2 is 2.00 bits per heavy atom. The predicted molar refractivity (Wildman–Crippen MR) is 75.0 cm³/mol. The first-order valence-corrected chi connectivity index (χ1v) is 5.85. The minimum Gasteiger partial charge on any atom is -0.398 e. The van der Waals surface area contributed by atoms with Gasteiger partial charge in [0.1, 0.15) is 6.07 Å². The van der Waals surface area contributed by atoms with E-state index in [0.29, 0.717) is 27.5 Å². The van der Waals surface area contributed by atoms with Crippen molar-refractivity contribution in [1.29, 1.82) is 5.26 Å². The molecule has 0 saturated carbocycles. The van der Waals surface area contributed by atoms with E-state index >= 15 is 0 Å². The van der Waals surface area contributed by atoms with E-state index < -0.39 is 0 Å². The van der Waals surface area contributed by atoms with E-state index in [1.807, 2.05) is 6.07 Å². The van der Waals surface area contributed by atoms with E-state index in [1.54, 1.807) is 36.4 Å². The number of para-hydroxylation sites is 1. The van der Waals surface area contributed by atoms with E-state index in [-0.39, 0.29) is 5.91 Å². The van der Waals surface area contributed by atoms with Crippen LogP contribution in [0.4, 0.5) is 11.4 Å². The van der Waals surface area contributed by atoms with Crippen molar-refractivity contribution in [3.8, 4) is 6.07 Å². The maximum Gasteiger partial charge on any atom is 0.255 e. The lowest BCUT2D eigenvalue weighted by molar-refractivity contribution is 0.102. The lowest BCUT2D eigenvalue weighted by Crippen LogP contribution is -2.13. The van der Waals surface area contributed by atoms with E-state index in [4.69, 9.17) is 22.6 Å². The fourth-order valence-electron chi connectivity index (χ4n) is 1.55. The van der Waals surface area contributed by atoms with Gasteiger partial charge in [0.25, 0.3) is 5.91 Å². The van der Waals surface area contributed by atoms with Gasteiger partial charge in [0.05, 0.1) is 22.0 Å². The Hall–Kier alpha value is -2.51. The number of nitrogen functional groups attached to an aromatic ring is 1. The zero-order valence-electron chi connectivity index (χ0n) is 9.85. The van der Waals surface area contributed by atoms with Gasteiger partial charge in [-0.15, -0.1) is 0 Å². The molecule has 0 spiro atoms. The predicted octanol–water partition coefficient (Wildman–Crippen LogP) is 3.05. The van der Waals surface area contributed by atoms with Gasteiger partial charge in [-0.1, -0.05) is 23.7 Å². The summed E-state index contributed by atoms with van der Waals surface area (Å²) >= 11 is 5.86. The van der Waals surface area contributed by atoms with Crippen molar-refractivity contribution in [3.05, 3.63) is 58.6 Å². The number of hydrogen-bond donors (Lipinski definition) is 2. The summed E-state index contributed by atoms with van der Waals surface area (Å²) in [5, 5.41) is 11.9. The average molecular weight is 272 g/mol. The van der Waals surface area contributed by atoms with Crippen LogP contribution in [-0.4, -0.2) is 5.91 Å². The number of carbonyl (C=O) groups excluding carboxylic acids is 1. The number of rotatable bonds is 2. The van der Waals surface area contributed by atoms with E-state index in [2.05, 4.69) is 5.32 Å². The Balaban J connectivity index is 2.26. The molecular weight excluding hydrogens is 262 g/mol. The number of carbonyl (C=O) groups is 1. The number of nitrogens with one attached hydrogen (secondary N) is 1. The van der Waals surface area contributed by atoms with Crippen LogP contribution in [-0.2, 0) is 0 Å². The molecule has 0 unspecified atom stereocenters. The molecular formula is C14H10ClN3O. The van der Waals surface area contributed by atoms with Crippen LogP contribution in [0.2, 0.25) is 5.02 Å². The Morgan fingerprint density at radius 1 is 1.26 bits per heavy atom. The summed E-state index contributed by atoms with van der Waals surface area (Å²) in [7, 11) is 0. The van der Waals surface area contributed by atoms with E-state index in [0.717, 1.165) is 0 Å². The highest BCUT2D eigenvalue weighted by Crippen LogP contribution is 2.21. The van der Waals surface area contributed by atoms with Crippen LogP contribution < -0.4 is 11.1 Å². The molecule has 0 radical (unpaired) electrons. The van der Waals surface area contributed by atoms with Crippen molar-refractivity contribution in [1.82, 2.24) is 0 Å². The minimum absolute atomic E-state index is 0.321. The monoisotopic (exact) mass is 271 g/mol. The quantitative estimate of drug-likeness (QED) is 0.824. The Labute approximate surface area is 115 Å². The Bertz CT molecular complexity index is 677. The smallest absolute Gasteiger partial charge is 0.255 e. The second-order valence-electron chi connectivity index (χ2n) is 3.85. The molecule has 94 valence electrons. The summed E-state index contributed by atoms with van der Waals surface area (Å²) in [6, 6.07) is 13.4. The second kappa shape index (κ2) is 5.42. The van der Waals surface area contributed by atoms with Crippen molar-refractivity contribution in [3.63, 3.8) is 0 Å². The van der Waals surface area contributed by atoms with Gasteiger partial charge in [-0.3, -0.25) is 4.79 Å². The molecule has 1 amide bonds. The van der Waals surface area contributed by atoms with Crippen molar-refractivity contribution in [2.24, 2.45) is 0 Å². The SMILES string of the molecule is N#Cc1ccccc1NC(=O)c1ccc(N)c(Cl)c1. The maximum atomic E-state index is 12.0. The molecule has 0 saturated heterocycles. The van der Waals surface area contributed by atoms with Crippen molar-refractivity contribution in [2.75, 3.05) is 11.1 Å². The number of benzene rings is 2. The van der Waals surface area contributed by atoms with Crippen LogP contribution in [0, 0.1) is 11.3 Å². The summed E-state index contributed by atoms with van der Waals surface area (Å²) in [6.07, 6.45) is 0. The lowest BCUT2D eigenvalue weighted by Gasteiger charge is -2.07. The van der Waals surface area contributed by atoms with Crippen LogP contribution in [0.25, 0.3) is 0 Å². The highest BCUT2D eigenvalue weighted by molar-refractivity contribution is 6.33. The Kier molecular flexibility index (Phi) is 3.69. The van der Waals surface area contributed by atoms with Crippen LogP contribution in [0.1, 0.15) is 15.9 Å². The average Bonchev–Trinajstić information content (AvgIpc) is 2.42. The van der Waals surface area contributed by atoms with Gasteiger partial charge in [-0.2, -0.15) is 5.26 Å². The summed E-state index contributed by atoms with van der Waals surface area (Å²) in [5.74, 6) is -0.343. The van der Waals surface area contributed by atoms with Gasteiger partial charge < -0.3 is 11.1 Å². The molecule has 19 heavy (non-hydrogen) atoms. The van der Waals surface area contributed by atoms with Gasteiger partial charge in [0.2, 0.25) is 0 Å². The van der Waals surface area contributed by atoms with E-state index in [9.17, 15) is 4.79 Å². The maximum absolute atomic E-state index is 12.0. The molecule has 0 aliphatic heterocycles. The fraction of sp³-hybridized carbons (Fsp3) is 0. The second-order valence-corrected chi connectivity index (χ2v) is 4.26. The van der Waals surface area contributed by atoms with Crippen LogP contribution in [0.5, 0.6) is 0 Å². The molecule has 5 heteroatoms. The first kappa shape index (κ1) is 12.9. The largest absolute Gasteiger partial charge is 0.398 e. The molecule has 2 aromatic carbocycles. The van der Waals surface area contributed by atoms with Crippen molar-refractivity contribution >= 4 is 28.9 Å². The van der Waals surface area contributed by atoms with E-state index in [1.165, 1.54) is 6.07 Å². The summed E-state index contributed by atoms with van der Waals surface area (Å²) in [4.78, 5) is 12.0. The summed E-state index contributed by atoms with van der Waals surface area (Å²) in [5.41, 5.74) is 7.24. The molecule has 0 heterocycles. The molecule has 0 aliphatic rings. The standard InChI is InChI=1S/C14H10ClN3O/c15-11-7-9(5-6-12(11)17)14(19)18-13-4-2-1-3-10(13)8-16/h1-7H,17H2,(H,18,19). The molecule has 2 rings (SSSR count). The van der Waals surface area contributed by atoms with Crippen molar-refractivity contribution in [2.45, 2.75) is 0 Å². The zero-order valence-corrected chi connectivity index (χ0v) is 10.6. The summed E-state index contributed by atoms with van der Waals surface area (Å²) in [6.45, 7) is 0. The number of nitrogens with two attached hydrogens (primary N) is 1. The molecule has 0 fully saturated rings. The lowest BCUT2D eigenvalue weighted by atomic mass is 10.1. The third kappa shape index (κ3) is 2.84. The number of nitriles is 1. The molecule has 0 bridgehead atoms. The van der Waals surface area contributed by atoms with Gasteiger partial charge in [-0.25, -0.2) is 0 Å². The normalized spacial score (nSPS) is 9.68. The summed E-state index contributed by atoms with van der Waals surface area (Å²) < 4.78 is 0. The van der Waals surface area contributed by atoms with Gasteiger partial charge in [-0.05, 0) is 30.3 Å². The molecule has 4 nitrogen and oxygen atoms in total. The first-order valence-electron chi connectivity index (χ1n) is 5.47. The van der Waals surface area contributed by atoms with Gasteiger partial charge in [0, 0.05) is 5.56 Å². The number of nitrogens with zero attached hydrogens (tertiary/aromatic N) is 1. The zero-order chi connectivity index (χ0) is 13.8. The van der Waals surface area contributed by atoms with Crippen LogP contribution in [0.15, 0.2) is 42.5 Å². The highest BCUT2D eigenvalue weighted by Gasteiger charge is 2.10. The molecule has 3 N–H and O–H groups in total. The molecule has 2 aromatic rings. The third-order valence-corrected chi connectivity index (χ3v) is 2.89. The molecule has 0 atom stereocenters. The molecule has 0 aliphatic carbocycles. The highest BCUT2D eigenvalue weighted by atomic mass is 35.5. The van der Waals surface area contributed by atoms with Crippen LogP contribution >= 0.6 is 11.6 Å². The van der Waals surface area contributed by atoms with Crippen molar-refractivity contribution < 1.29 is 4.79 Å². The first-order chi connectivity index (χ1) is 9.11. The van der Waals surface area contributed by atoms with Gasteiger partial charge in [0.15, 0.2) is 0 Å². The number of amides is 1. The number of hydrogen-bond acceptors (Lipinski definition) is 3. The Morgan fingerprint density at radius 3 is 2.68 bits per heavy atom. The molecule has 0 aromatic heterocycles. The minimum atomic E-state index is -0.343. The fourth-order valence-corrected chi connectivity index (χ4v) is 1.73. The number of anilines is 2. The number of halogens is 1. The van der Waals surface area contributed by atoms with Crippen LogP contribution in [0.3, 0.4) is 0 Å². The third-order valence-electron chi connectivity index (χ3n) is 2.56.